The summed E-state index contributed by atoms with van der Waals surface area (Å²) in [5, 5.41) is 0. The summed E-state index contributed by atoms with van der Waals surface area (Å²) in [6, 6.07) is 8.51. The second-order valence-electron chi connectivity index (χ2n) is 4.34. The summed E-state index contributed by atoms with van der Waals surface area (Å²) in [5.41, 5.74) is 8.96. The van der Waals surface area contributed by atoms with Gasteiger partial charge in [-0.15, -0.1) is 6.58 Å². The van der Waals surface area contributed by atoms with E-state index in [4.69, 9.17) is 5.73 Å². The van der Waals surface area contributed by atoms with Crippen LogP contribution in [0.25, 0.3) is 0 Å². The van der Waals surface area contributed by atoms with E-state index in [1.807, 2.05) is 6.08 Å². The number of fused-ring (bicyclic) bond motifs is 1. The molecule has 0 radical (unpaired) electrons. The lowest BCUT2D eigenvalue weighted by molar-refractivity contribution is 0.425. The lowest BCUT2D eigenvalue weighted by Crippen LogP contribution is -2.33. The molecule has 74 valence electrons. The Morgan fingerprint density at radius 3 is 3.00 bits per heavy atom. The van der Waals surface area contributed by atoms with E-state index >= 15 is 0 Å². The lowest BCUT2D eigenvalue weighted by Gasteiger charge is -2.23. The maximum absolute atomic E-state index is 6.40. The Hall–Kier alpha value is -1.08. The van der Waals surface area contributed by atoms with Gasteiger partial charge in [-0.05, 0) is 29.9 Å². The van der Waals surface area contributed by atoms with E-state index in [2.05, 4.69) is 37.8 Å². The molecular weight excluding hydrogens is 170 g/mol. The minimum Gasteiger partial charge on any atom is -0.321 e. The van der Waals surface area contributed by atoms with Gasteiger partial charge in [0.05, 0.1) is 0 Å². The molecule has 0 spiro atoms. The predicted octanol–water partition coefficient (Wildman–Crippen LogP) is 2.92. The summed E-state index contributed by atoms with van der Waals surface area (Å²) in [6.45, 7) is 6.03. The molecule has 0 saturated carbocycles. The van der Waals surface area contributed by atoms with Gasteiger partial charge in [0.1, 0.15) is 0 Å². The molecule has 2 N–H and O–H groups in total. The normalized spacial score (nSPS) is 30.0. The van der Waals surface area contributed by atoms with Gasteiger partial charge in [-0.25, -0.2) is 0 Å². The highest BCUT2D eigenvalue weighted by Gasteiger charge is 2.37. The van der Waals surface area contributed by atoms with Crippen molar-refractivity contribution in [1.29, 1.82) is 0 Å². The van der Waals surface area contributed by atoms with Gasteiger partial charge in [0, 0.05) is 5.54 Å². The summed E-state index contributed by atoms with van der Waals surface area (Å²) in [7, 11) is 0. The van der Waals surface area contributed by atoms with Crippen LogP contribution < -0.4 is 5.73 Å². The zero-order valence-corrected chi connectivity index (χ0v) is 8.66. The van der Waals surface area contributed by atoms with Crippen LogP contribution in [0.4, 0.5) is 0 Å². The SMILES string of the molecule is C=CCC1(N)CC(C)c2ccccc21. The highest BCUT2D eigenvalue weighted by atomic mass is 14.8. The molecule has 0 fully saturated rings. The fraction of sp³-hybridized carbons (Fsp3) is 0.385. The van der Waals surface area contributed by atoms with E-state index in [-0.39, 0.29) is 5.54 Å². The van der Waals surface area contributed by atoms with Crippen molar-refractivity contribution in [2.75, 3.05) is 0 Å². The van der Waals surface area contributed by atoms with Crippen LogP contribution in [0.1, 0.15) is 36.8 Å². The van der Waals surface area contributed by atoms with Crippen molar-refractivity contribution < 1.29 is 0 Å². The molecule has 0 saturated heterocycles. The third kappa shape index (κ3) is 1.28. The van der Waals surface area contributed by atoms with Crippen LogP contribution in [-0.4, -0.2) is 0 Å². The first kappa shape index (κ1) is 9.47. The van der Waals surface area contributed by atoms with Crippen molar-refractivity contribution >= 4 is 0 Å². The minimum atomic E-state index is -0.169. The molecule has 0 aromatic heterocycles. The molecule has 1 aromatic carbocycles. The van der Waals surface area contributed by atoms with Gasteiger partial charge in [-0.2, -0.15) is 0 Å². The van der Waals surface area contributed by atoms with Crippen molar-refractivity contribution in [3.63, 3.8) is 0 Å². The molecule has 1 aliphatic rings. The van der Waals surface area contributed by atoms with Crippen LogP contribution in [0.2, 0.25) is 0 Å². The number of hydrogen-bond acceptors (Lipinski definition) is 1. The molecule has 2 atom stereocenters. The van der Waals surface area contributed by atoms with Gasteiger partial charge >= 0.3 is 0 Å². The third-order valence-corrected chi connectivity index (χ3v) is 3.21. The number of nitrogens with two attached hydrogens (primary N) is 1. The summed E-state index contributed by atoms with van der Waals surface area (Å²) in [6.07, 6.45) is 3.83. The second kappa shape index (κ2) is 3.25. The standard InChI is InChI=1S/C13H17N/c1-3-8-13(14)9-10(2)11-6-4-5-7-12(11)13/h3-7,10H,1,8-9,14H2,2H3. The predicted molar refractivity (Wildman–Crippen MR) is 60.2 cm³/mol. The van der Waals surface area contributed by atoms with Gasteiger partial charge in [-0.3, -0.25) is 0 Å². The summed E-state index contributed by atoms with van der Waals surface area (Å²) in [5.74, 6) is 0.580. The van der Waals surface area contributed by atoms with Crippen molar-refractivity contribution in [3.05, 3.63) is 48.0 Å². The Labute approximate surface area is 85.6 Å². The molecule has 1 heteroatoms. The van der Waals surface area contributed by atoms with Gasteiger partial charge in [0.25, 0.3) is 0 Å². The first-order valence-corrected chi connectivity index (χ1v) is 5.16. The van der Waals surface area contributed by atoms with Gasteiger partial charge in [-0.1, -0.05) is 37.3 Å². The lowest BCUT2D eigenvalue weighted by atomic mass is 9.89. The van der Waals surface area contributed by atoms with Crippen LogP contribution in [0.3, 0.4) is 0 Å². The maximum atomic E-state index is 6.40. The average Bonchev–Trinajstić information content (AvgIpc) is 2.41. The topological polar surface area (TPSA) is 26.0 Å². The first-order chi connectivity index (χ1) is 6.67. The Morgan fingerprint density at radius 1 is 1.57 bits per heavy atom. The smallest absolute Gasteiger partial charge is 0.0452 e. The minimum absolute atomic E-state index is 0.169. The molecule has 1 aliphatic carbocycles. The Balaban J connectivity index is 2.47. The van der Waals surface area contributed by atoms with E-state index in [9.17, 15) is 0 Å². The van der Waals surface area contributed by atoms with Crippen LogP contribution in [0.5, 0.6) is 0 Å². The molecule has 14 heavy (non-hydrogen) atoms. The maximum Gasteiger partial charge on any atom is 0.0452 e. The largest absolute Gasteiger partial charge is 0.321 e. The number of benzene rings is 1. The number of rotatable bonds is 2. The molecule has 0 amide bonds. The monoisotopic (exact) mass is 187 g/mol. The Bertz CT molecular complexity index is 356. The molecule has 1 aromatic rings. The first-order valence-electron chi connectivity index (χ1n) is 5.16. The molecule has 2 rings (SSSR count). The second-order valence-corrected chi connectivity index (χ2v) is 4.34. The van der Waals surface area contributed by atoms with E-state index < -0.39 is 0 Å². The molecule has 0 bridgehead atoms. The fourth-order valence-corrected chi connectivity index (χ4v) is 2.60. The van der Waals surface area contributed by atoms with Gasteiger partial charge in [0.15, 0.2) is 0 Å². The molecule has 0 aliphatic heterocycles. The van der Waals surface area contributed by atoms with Crippen LogP contribution >= 0.6 is 0 Å². The van der Waals surface area contributed by atoms with Gasteiger partial charge < -0.3 is 5.73 Å². The van der Waals surface area contributed by atoms with Crippen molar-refractivity contribution in [3.8, 4) is 0 Å². The van der Waals surface area contributed by atoms with Crippen LogP contribution in [0.15, 0.2) is 36.9 Å². The summed E-state index contributed by atoms with van der Waals surface area (Å²) < 4.78 is 0. The molecule has 1 nitrogen and oxygen atoms in total. The van der Waals surface area contributed by atoms with E-state index in [1.54, 1.807) is 0 Å². The van der Waals surface area contributed by atoms with Crippen LogP contribution in [-0.2, 0) is 5.54 Å². The van der Waals surface area contributed by atoms with E-state index in [0.717, 1.165) is 12.8 Å². The van der Waals surface area contributed by atoms with E-state index in [0.29, 0.717) is 5.92 Å². The van der Waals surface area contributed by atoms with Crippen molar-refractivity contribution in [1.82, 2.24) is 0 Å². The highest BCUT2D eigenvalue weighted by molar-refractivity contribution is 5.41. The Kier molecular flexibility index (Phi) is 2.20. The summed E-state index contributed by atoms with van der Waals surface area (Å²) >= 11 is 0. The van der Waals surface area contributed by atoms with Gasteiger partial charge in [0.2, 0.25) is 0 Å². The third-order valence-electron chi connectivity index (χ3n) is 3.21. The van der Waals surface area contributed by atoms with Crippen molar-refractivity contribution in [2.24, 2.45) is 5.73 Å². The zero-order valence-electron chi connectivity index (χ0n) is 8.66. The summed E-state index contributed by atoms with van der Waals surface area (Å²) in [4.78, 5) is 0. The Morgan fingerprint density at radius 2 is 2.29 bits per heavy atom. The molecule has 2 unspecified atom stereocenters. The number of hydrogen-bond donors (Lipinski definition) is 1. The van der Waals surface area contributed by atoms with Crippen molar-refractivity contribution in [2.45, 2.75) is 31.2 Å². The van der Waals surface area contributed by atoms with Crippen LogP contribution in [0, 0.1) is 0 Å². The average molecular weight is 187 g/mol. The molecule has 0 heterocycles. The highest BCUT2D eigenvalue weighted by Crippen LogP contribution is 2.44. The fourth-order valence-electron chi connectivity index (χ4n) is 2.60. The molecular formula is C13H17N. The quantitative estimate of drug-likeness (QED) is 0.708. The zero-order chi connectivity index (χ0) is 10.2. The van der Waals surface area contributed by atoms with E-state index in [1.165, 1.54) is 11.1 Å².